The molecule has 0 spiro atoms. The van der Waals surface area contributed by atoms with Crippen LogP contribution in [0.2, 0.25) is 10.0 Å². The Labute approximate surface area is 126 Å². The number of furan rings is 1. The molecule has 2 rings (SSSR count). The van der Waals surface area contributed by atoms with Gasteiger partial charge in [0.15, 0.2) is 0 Å². The molecule has 2 aromatic rings. The lowest BCUT2D eigenvalue weighted by Crippen LogP contribution is -2.01. The van der Waals surface area contributed by atoms with E-state index in [2.05, 4.69) is 10.1 Å². The third-order valence-electron chi connectivity index (χ3n) is 2.76. The van der Waals surface area contributed by atoms with E-state index in [9.17, 15) is 4.79 Å². The summed E-state index contributed by atoms with van der Waals surface area (Å²) in [5.74, 6) is 0.729. The van der Waals surface area contributed by atoms with Crippen molar-refractivity contribution in [1.82, 2.24) is 0 Å². The van der Waals surface area contributed by atoms with Crippen LogP contribution < -0.4 is 5.32 Å². The highest BCUT2D eigenvalue weighted by molar-refractivity contribution is 6.36. The van der Waals surface area contributed by atoms with Gasteiger partial charge >= 0.3 is 5.97 Å². The zero-order valence-electron chi connectivity index (χ0n) is 11.0. The number of halogens is 2. The van der Waals surface area contributed by atoms with Gasteiger partial charge in [-0.15, -0.1) is 0 Å². The molecular formula is C14H13Cl2NO3. The monoisotopic (exact) mass is 313 g/mol. The molecule has 1 aromatic heterocycles. The standard InChI is InChI=1S/C14H13Cl2NO3/c1-8-11(14(18)19-2)6-10(20-8)7-17-13-4-3-9(15)5-12(13)16/h3-6,17H,7H2,1-2H3. The van der Waals surface area contributed by atoms with E-state index in [1.165, 1.54) is 7.11 Å². The van der Waals surface area contributed by atoms with E-state index in [1.54, 1.807) is 31.2 Å². The van der Waals surface area contributed by atoms with Crippen LogP contribution in [0.3, 0.4) is 0 Å². The maximum absolute atomic E-state index is 11.5. The van der Waals surface area contributed by atoms with Crippen molar-refractivity contribution in [2.24, 2.45) is 0 Å². The number of hydrogen-bond acceptors (Lipinski definition) is 4. The minimum atomic E-state index is -0.415. The third kappa shape index (κ3) is 3.26. The molecule has 4 nitrogen and oxygen atoms in total. The average Bonchev–Trinajstić information content (AvgIpc) is 2.78. The quantitative estimate of drug-likeness (QED) is 0.855. The number of esters is 1. The molecule has 0 unspecified atom stereocenters. The summed E-state index contributed by atoms with van der Waals surface area (Å²) in [5.41, 5.74) is 1.16. The first-order valence-electron chi connectivity index (χ1n) is 5.88. The van der Waals surface area contributed by atoms with E-state index < -0.39 is 5.97 Å². The topological polar surface area (TPSA) is 51.5 Å². The van der Waals surface area contributed by atoms with Crippen LogP contribution in [0.1, 0.15) is 21.9 Å². The third-order valence-corrected chi connectivity index (χ3v) is 3.31. The van der Waals surface area contributed by atoms with Crippen LogP contribution in [0.15, 0.2) is 28.7 Å². The van der Waals surface area contributed by atoms with E-state index in [1.807, 2.05) is 0 Å². The molecule has 0 atom stereocenters. The van der Waals surface area contributed by atoms with Crippen LogP contribution >= 0.6 is 23.2 Å². The summed E-state index contributed by atoms with van der Waals surface area (Å²) in [6.07, 6.45) is 0. The molecule has 0 amide bonds. The largest absolute Gasteiger partial charge is 0.465 e. The fraction of sp³-hybridized carbons (Fsp3) is 0.214. The van der Waals surface area contributed by atoms with Gasteiger partial charge in [-0.25, -0.2) is 4.79 Å². The number of carbonyl (C=O) groups is 1. The fourth-order valence-corrected chi connectivity index (χ4v) is 2.23. The van der Waals surface area contributed by atoms with Crippen LogP contribution in [0.5, 0.6) is 0 Å². The summed E-state index contributed by atoms with van der Waals surface area (Å²) in [4.78, 5) is 11.5. The Bertz CT molecular complexity index is 637. The van der Waals surface area contributed by atoms with Crippen molar-refractivity contribution in [2.45, 2.75) is 13.5 Å². The second-order valence-electron chi connectivity index (χ2n) is 4.15. The maximum Gasteiger partial charge on any atom is 0.341 e. The molecule has 0 radical (unpaired) electrons. The normalized spacial score (nSPS) is 10.4. The average molecular weight is 314 g/mol. The number of nitrogens with one attached hydrogen (secondary N) is 1. The Balaban J connectivity index is 2.09. The van der Waals surface area contributed by atoms with Crippen molar-refractivity contribution in [3.63, 3.8) is 0 Å². The van der Waals surface area contributed by atoms with Gasteiger partial charge in [0.05, 0.1) is 24.4 Å². The lowest BCUT2D eigenvalue weighted by atomic mass is 10.2. The molecule has 0 saturated heterocycles. The van der Waals surface area contributed by atoms with Crippen LogP contribution in [0, 0.1) is 6.92 Å². The zero-order valence-corrected chi connectivity index (χ0v) is 12.5. The summed E-state index contributed by atoms with van der Waals surface area (Å²) >= 11 is 11.9. The van der Waals surface area contributed by atoms with Crippen molar-refractivity contribution < 1.29 is 13.9 Å². The summed E-state index contributed by atoms with van der Waals surface area (Å²) in [5, 5.41) is 4.21. The van der Waals surface area contributed by atoms with Crippen LogP contribution in [0.25, 0.3) is 0 Å². The molecule has 0 aliphatic rings. The Hall–Kier alpha value is -1.65. The van der Waals surface area contributed by atoms with Crippen LogP contribution in [0.4, 0.5) is 5.69 Å². The fourth-order valence-electron chi connectivity index (χ4n) is 1.76. The molecule has 0 aliphatic carbocycles. The molecule has 106 valence electrons. The second-order valence-corrected chi connectivity index (χ2v) is 5.00. The Morgan fingerprint density at radius 3 is 2.75 bits per heavy atom. The molecule has 20 heavy (non-hydrogen) atoms. The van der Waals surface area contributed by atoms with Crippen molar-refractivity contribution in [2.75, 3.05) is 12.4 Å². The second kappa shape index (κ2) is 6.20. The number of carbonyl (C=O) groups excluding carboxylic acids is 1. The maximum atomic E-state index is 11.5. The summed E-state index contributed by atoms with van der Waals surface area (Å²) < 4.78 is 10.2. The lowest BCUT2D eigenvalue weighted by Gasteiger charge is -2.06. The van der Waals surface area contributed by atoms with E-state index >= 15 is 0 Å². The molecule has 1 heterocycles. The van der Waals surface area contributed by atoms with Gasteiger partial charge in [-0.3, -0.25) is 0 Å². The van der Waals surface area contributed by atoms with E-state index in [0.717, 1.165) is 5.69 Å². The molecule has 0 fully saturated rings. The lowest BCUT2D eigenvalue weighted by molar-refractivity contribution is 0.0599. The molecule has 0 bridgehead atoms. The molecular weight excluding hydrogens is 301 g/mol. The van der Waals surface area contributed by atoms with Gasteiger partial charge in [0.1, 0.15) is 17.1 Å². The number of rotatable bonds is 4. The van der Waals surface area contributed by atoms with Gasteiger partial charge in [-0.05, 0) is 31.2 Å². The van der Waals surface area contributed by atoms with E-state index in [-0.39, 0.29) is 0 Å². The molecule has 1 aromatic carbocycles. The Morgan fingerprint density at radius 1 is 1.35 bits per heavy atom. The van der Waals surface area contributed by atoms with E-state index in [4.69, 9.17) is 27.6 Å². The molecule has 0 aliphatic heterocycles. The van der Waals surface area contributed by atoms with Crippen LogP contribution in [-0.4, -0.2) is 13.1 Å². The van der Waals surface area contributed by atoms with Gasteiger partial charge in [-0.2, -0.15) is 0 Å². The minimum Gasteiger partial charge on any atom is -0.465 e. The number of hydrogen-bond donors (Lipinski definition) is 1. The highest BCUT2D eigenvalue weighted by Crippen LogP contribution is 2.26. The smallest absolute Gasteiger partial charge is 0.341 e. The Morgan fingerprint density at radius 2 is 2.10 bits per heavy atom. The van der Waals surface area contributed by atoms with Gasteiger partial charge in [0.25, 0.3) is 0 Å². The number of anilines is 1. The molecule has 1 N–H and O–H groups in total. The van der Waals surface area contributed by atoms with E-state index in [0.29, 0.717) is 33.7 Å². The SMILES string of the molecule is COC(=O)c1cc(CNc2ccc(Cl)cc2Cl)oc1C. The number of ether oxygens (including phenoxy) is 1. The number of methoxy groups -OCH3 is 1. The van der Waals surface area contributed by atoms with Crippen molar-refractivity contribution in [1.29, 1.82) is 0 Å². The predicted molar refractivity (Wildman–Crippen MR) is 78.6 cm³/mol. The van der Waals surface area contributed by atoms with Gasteiger partial charge in [0, 0.05) is 5.02 Å². The Kier molecular flexibility index (Phi) is 4.57. The van der Waals surface area contributed by atoms with Gasteiger partial charge < -0.3 is 14.5 Å². The van der Waals surface area contributed by atoms with Gasteiger partial charge in [0.2, 0.25) is 0 Å². The molecule has 6 heteroatoms. The first-order valence-corrected chi connectivity index (χ1v) is 6.63. The first-order chi connectivity index (χ1) is 9.51. The highest BCUT2D eigenvalue weighted by atomic mass is 35.5. The highest BCUT2D eigenvalue weighted by Gasteiger charge is 2.15. The summed E-state index contributed by atoms with van der Waals surface area (Å²) in [6.45, 7) is 2.12. The summed E-state index contributed by atoms with van der Waals surface area (Å²) in [7, 11) is 1.33. The minimum absolute atomic E-state index is 0.402. The molecule has 0 saturated carbocycles. The van der Waals surface area contributed by atoms with Crippen molar-refractivity contribution >= 4 is 34.9 Å². The van der Waals surface area contributed by atoms with Crippen LogP contribution in [-0.2, 0) is 11.3 Å². The number of aryl methyl sites for hydroxylation is 1. The zero-order chi connectivity index (χ0) is 14.7. The van der Waals surface area contributed by atoms with Gasteiger partial charge in [-0.1, -0.05) is 23.2 Å². The summed E-state index contributed by atoms with van der Waals surface area (Å²) in [6, 6.07) is 6.82. The van der Waals surface area contributed by atoms with Crippen molar-refractivity contribution in [3.05, 3.63) is 51.4 Å². The first kappa shape index (κ1) is 14.8. The van der Waals surface area contributed by atoms with Crippen molar-refractivity contribution in [3.8, 4) is 0 Å². The predicted octanol–water partition coefficient (Wildman–Crippen LogP) is 4.29. The number of benzene rings is 1.